The first-order valence-corrected chi connectivity index (χ1v) is 7.67. The predicted molar refractivity (Wildman–Crippen MR) is 79.4 cm³/mol. The molecule has 3 heteroatoms. The van der Waals surface area contributed by atoms with Crippen LogP contribution in [0.15, 0.2) is 18.3 Å². The highest BCUT2D eigenvalue weighted by molar-refractivity contribution is 5.81. The lowest BCUT2D eigenvalue weighted by molar-refractivity contribution is -0.138. The number of hydrogen-bond donors (Lipinski definition) is 0. The van der Waals surface area contributed by atoms with Crippen LogP contribution in [0.1, 0.15) is 44.9 Å². The zero-order chi connectivity index (χ0) is 14.3. The molecule has 3 nitrogen and oxygen atoms in total. The van der Waals surface area contributed by atoms with Crippen molar-refractivity contribution in [1.82, 2.24) is 9.88 Å². The fourth-order valence-electron chi connectivity index (χ4n) is 2.81. The summed E-state index contributed by atoms with van der Waals surface area (Å²) in [4.78, 5) is 18.4. The maximum absolute atomic E-state index is 11.9. The second-order valence-electron chi connectivity index (χ2n) is 7.39. The first-order chi connectivity index (χ1) is 9.43. The SMILES string of the molecule is CC(C)(C)c1cc(CC2CN(C(=O)C3CC3)C2)ccn1. The Labute approximate surface area is 121 Å². The molecular weight excluding hydrogens is 248 g/mol. The van der Waals surface area contributed by atoms with Crippen molar-refractivity contribution in [2.24, 2.45) is 11.8 Å². The van der Waals surface area contributed by atoms with Crippen molar-refractivity contribution in [2.45, 2.75) is 45.4 Å². The molecule has 1 aromatic rings. The highest BCUT2D eigenvalue weighted by Crippen LogP contribution is 2.34. The fourth-order valence-corrected chi connectivity index (χ4v) is 2.81. The van der Waals surface area contributed by atoms with Crippen LogP contribution in [0.5, 0.6) is 0 Å². The van der Waals surface area contributed by atoms with Crippen LogP contribution < -0.4 is 0 Å². The van der Waals surface area contributed by atoms with Gasteiger partial charge in [0, 0.05) is 36.3 Å². The van der Waals surface area contributed by atoms with E-state index in [4.69, 9.17) is 0 Å². The maximum atomic E-state index is 11.9. The van der Waals surface area contributed by atoms with Gasteiger partial charge in [-0.2, -0.15) is 0 Å². The molecule has 0 radical (unpaired) electrons. The summed E-state index contributed by atoms with van der Waals surface area (Å²) in [5.74, 6) is 1.39. The molecule has 0 spiro atoms. The van der Waals surface area contributed by atoms with E-state index in [1.807, 2.05) is 11.1 Å². The maximum Gasteiger partial charge on any atom is 0.225 e. The van der Waals surface area contributed by atoms with Crippen molar-refractivity contribution in [3.05, 3.63) is 29.6 Å². The summed E-state index contributed by atoms with van der Waals surface area (Å²) in [5.41, 5.74) is 2.61. The van der Waals surface area contributed by atoms with Crippen LogP contribution >= 0.6 is 0 Å². The molecular formula is C17H24N2O. The summed E-state index contributed by atoms with van der Waals surface area (Å²) >= 11 is 0. The standard InChI is InChI=1S/C17H24N2O/c1-17(2,3)15-9-12(6-7-18-15)8-13-10-19(11-13)16(20)14-4-5-14/h6-7,9,13-14H,4-5,8,10-11H2,1-3H3. The van der Waals surface area contributed by atoms with Crippen molar-refractivity contribution >= 4 is 5.91 Å². The Morgan fingerprint density at radius 2 is 2.05 bits per heavy atom. The largest absolute Gasteiger partial charge is 0.342 e. The molecule has 0 unspecified atom stereocenters. The minimum atomic E-state index is 0.101. The van der Waals surface area contributed by atoms with E-state index in [2.05, 4.69) is 37.9 Å². The molecule has 20 heavy (non-hydrogen) atoms. The number of rotatable bonds is 3. The molecule has 2 heterocycles. The number of hydrogen-bond acceptors (Lipinski definition) is 2. The van der Waals surface area contributed by atoms with Gasteiger partial charge < -0.3 is 4.90 Å². The van der Waals surface area contributed by atoms with Gasteiger partial charge in [0.1, 0.15) is 0 Å². The number of aromatic nitrogens is 1. The van der Waals surface area contributed by atoms with Crippen LogP contribution in [-0.4, -0.2) is 28.9 Å². The Kier molecular flexibility index (Phi) is 3.31. The van der Waals surface area contributed by atoms with E-state index in [1.165, 1.54) is 5.56 Å². The third-order valence-corrected chi connectivity index (χ3v) is 4.31. The topological polar surface area (TPSA) is 33.2 Å². The molecule has 1 aromatic heterocycles. The van der Waals surface area contributed by atoms with Crippen LogP contribution in [0, 0.1) is 11.8 Å². The molecule has 1 saturated heterocycles. The minimum Gasteiger partial charge on any atom is -0.342 e. The number of likely N-dealkylation sites (tertiary alicyclic amines) is 1. The lowest BCUT2D eigenvalue weighted by Crippen LogP contribution is -2.51. The van der Waals surface area contributed by atoms with Crippen LogP contribution in [0.3, 0.4) is 0 Å². The van der Waals surface area contributed by atoms with Gasteiger partial charge in [0.05, 0.1) is 0 Å². The van der Waals surface area contributed by atoms with Gasteiger partial charge in [-0.15, -0.1) is 0 Å². The van der Waals surface area contributed by atoms with Crippen LogP contribution in [0.2, 0.25) is 0 Å². The van der Waals surface area contributed by atoms with Crippen molar-refractivity contribution in [3.63, 3.8) is 0 Å². The number of pyridine rings is 1. The number of carbonyl (C=O) groups is 1. The van der Waals surface area contributed by atoms with Gasteiger partial charge in [0.15, 0.2) is 0 Å². The number of amides is 1. The summed E-state index contributed by atoms with van der Waals surface area (Å²) in [6.07, 6.45) is 5.21. The van der Waals surface area contributed by atoms with Gasteiger partial charge in [-0.3, -0.25) is 9.78 Å². The Morgan fingerprint density at radius 1 is 1.35 bits per heavy atom. The summed E-state index contributed by atoms with van der Waals surface area (Å²) < 4.78 is 0. The molecule has 1 amide bonds. The highest BCUT2D eigenvalue weighted by Gasteiger charge is 2.38. The molecule has 0 bridgehead atoms. The average Bonchev–Trinajstić information content (AvgIpc) is 3.16. The monoisotopic (exact) mass is 272 g/mol. The van der Waals surface area contributed by atoms with E-state index in [9.17, 15) is 4.79 Å². The average molecular weight is 272 g/mol. The van der Waals surface area contributed by atoms with Crippen molar-refractivity contribution in [1.29, 1.82) is 0 Å². The van der Waals surface area contributed by atoms with E-state index in [1.54, 1.807) is 0 Å². The Balaban J connectivity index is 1.56. The van der Waals surface area contributed by atoms with Crippen molar-refractivity contribution in [3.8, 4) is 0 Å². The van der Waals surface area contributed by atoms with E-state index >= 15 is 0 Å². The first-order valence-electron chi connectivity index (χ1n) is 7.67. The van der Waals surface area contributed by atoms with Gasteiger partial charge in [-0.25, -0.2) is 0 Å². The third kappa shape index (κ3) is 2.87. The summed E-state index contributed by atoms with van der Waals surface area (Å²) in [6, 6.07) is 4.34. The van der Waals surface area contributed by atoms with Gasteiger partial charge in [0.2, 0.25) is 5.91 Å². The molecule has 108 valence electrons. The van der Waals surface area contributed by atoms with Gasteiger partial charge in [0.25, 0.3) is 0 Å². The molecule has 1 aliphatic heterocycles. The molecule has 1 saturated carbocycles. The fraction of sp³-hybridized carbons (Fsp3) is 0.647. The predicted octanol–water partition coefficient (Wildman–Crippen LogP) is 2.79. The van der Waals surface area contributed by atoms with Crippen LogP contribution in [0.25, 0.3) is 0 Å². The number of nitrogens with zero attached hydrogens (tertiary/aromatic N) is 2. The molecule has 2 fully saturated rings. The molecule has 0 aromatic carbocycles. The van der Waals surface area contributed by atoms with Gasteiger partial charge >= 0.3 is 0 Å². The molecule has 0 N–H and O–H groups in total. The van der Waals surface area contributed by atoms with Crippen LogP contribution in [-0.2, 0) is 16.6 Å². The Bertz CT molecular complexity index is 508. The smallest absolute Gasteiger partial charge is 0.225 e. The lowest BCUT2D eigenvalue weighted by atomic mass is 9.88. The van der Waals surface area contributed by atoms with Gasteiger partial charge in [-0.1, -0.05) is 20.8 Å². The molecule has 1 aliphatic carbocycles. The normalized spacial score (nSPS) is 19.9. The van der Waals surface area contributed by atoms with E-state index < -0.39 is 0 Å². The third-order valence-electron chi connectivity index (χ3n) is 4.31. The lowest BCUT2D eigenvalue weighted by Gasteiger charge is -2.39. The zero-order valence-corrected chi connectivity index (χ0v) is 12.7. The van der Waals surface area contributed by atoms with E-state index in [-0.39, 0.29) is 5.41 Å². The Hall–Kier alpha value is -1.38. The second kappa shape index (κ2) is 4.87. The quantitative estimate of drug-likeness (QED) is 0.847. The van der Waals surface area contributed by atoms with E-state index in [0.717, 1.165) is 38.0 Å². The molecule has 0 atom stereocenters. The summed E-state index contributed by atoms with van der Waals surface area (Å²) in [5, 5.41) is 0. The number of carbonyl (C=O) groups excluding carboxylic acids is 1. The zero-order valence-electron chi connectivity index (χ0n) is 12.7. The van der Waals surface area contributed by atoms with Crippen molar-refractivity contribution < 1.29 is 4.79 Å². The summed E-state index contributed by atoms with van der Waals surface area (Å²) in [7, 11) is 0. The van der Waals surface area contributed by atoms with Gasteiger partial charge in [-0.05, 0) is 42.9 Å². The first kappa shape index (κ1) is 13.6. The van der Waals surface area contributed by atoms with Crippen molar-refractivity contribution in [2.75, 3.05) is 13.1 Å². The van der Waals surface area contributed by atoms with E-state index in [0.29, 0.717) is 17.7 Å². The Morgan fingerprint density at radius 3 is 2.65 bits per heavy atom. The minimum absolute atomic E-state index is 0.101. The second-order valence-corrected chi connectivity index (χ2v) is 7.39. The summed E-state index contributed by atoms with van der Waals surface area (Å²) in [6.45, 7) is 8.47. The molecule has 2 aliphatic rings. The molecule has 3 rings (SSSR count). The highest BCUT2D eigenvalue weighted by atomic mass is 16.2. The van der Waals surface area contributed by atoms with Crippen LogP contribution in [0.4, 0.5) is 0 Å².